The number of rotatable bonds is 4. The molecule has 0 bridgehead atoms. The minimum absolute atomic E-state index is 0.0588. The van der Waals surface area contributed by atoms with E-state index >= 15 is 0 Å². The number of nitrogens with two attached hydrogens (primary N) is 1. The monoisotopic (exact) mass is 418 g/mol. The zero-order chi connectivity index (χ0) is 14.9. The van der Waals surface area contributed by atoms with E-state index in [4.69, 9.17) is 10.6 Å². The van der Waals surface area contributed by atoms with Crippen LogP contribution in [0.2, 0.25) is 0 Å². The third-order valence-corrected chi connectivity index (χ3v) is 5.64. The van der Waals surface area contributed by atoms with Crippen LogP contribution < -0.4 is 16.0 Å². The van der Waals surface area contributed by atoms with Gasteiger partial charge in [0.1, 0.15) is 5.75 Å². The number of hydrazine groups is 1. The van der Waals surface area contributed by atoms with Crippen LogP contribution in [0, 0.1) is 13.8 Å². The Morgan fingerprint density at radius 2 is 1.85 bits per heavy atom. The summed E-state index contributed by atoms with van der Waals surface area (Å²) in [5, 5.41) is 0. The molecule has 0 radical (unpaired) electrons. The second kappa shape index (κ2) is 6.58. The molecule has 0 saturated carbocycles. The van der Waals surface area contributed by atoms with Crippen molar-refractivity contribution in [3.8, 4) is 5.75 Å². The van der Waals surface area contributed by atoms with Crippen molar-refractivity contribution in [1.82, 2.24) is 5.43 Å². The van der Waals surface area contributed by atoms with Gasteiger partial charge in [0, 0.05) is 5.56 Å². The van der Waals surface area contributed by atoms with Gasteiger partial charge >= 0.3 is 0 Å². The van der Waals surface area contributed by atoms with E-state index in [0.717, 1.165) is 35.6 Å². The van der Waals surface area contributed by atoms with Gasteiger partial charge < -0.3 is 4.74 Å². The fraction of sp³-hybridized carbons (Fsp3) is 0.286. The largest absolute Gasteiger partial charge is 0.496 e. The molecular formula is C14H16Br2N2OS. The zero-order valence-electron chi connectivity index (χ0n) is 11.5. The van der Waals surface area contributed by atoms with Crippen molar-refractivity contribution in [3.05, 3.63) is 48.0 Å². The smallest absolute Gasteiger partial charge is 0.122 e. The Morgan fingerprint density at radius 3 is 2.35 bits per heavy atom. The van der Waals surface area contributed by atoms with E-state index in [1.54, 1.807) is 18.4 Å². The summed E-state index contributed by atoms with van der Waals surface area (Å²) in [5.41, 5.74) is 7.42. The molecule has 1 unspecified atom stereocenters. The molecule has 1 heterocycles. The molecule has 0 aliphatic carbocycles. The topological polar surface area (TPSA) is 47.3 Å². The van der Waals surface area contributed by atoms with Gasteiger partial charge in [0.2, 0.25) is 0 Å². The number of hydrogen-bond donors (Lipinski definition) is 2. The van der Waals surface area contributed by atoms with Crippen molar-refractivity contribution >= 4 is 43.2 Å². The lowest BCUT2D eigenvalue weighted by atomic mass is 9.95. The highest BCUT2D eigenvalue weighted by atomic mass is 79.9. The van der Waals surface area contributed by atoms with E-state index < -0.39 is 0 Å². The summed E-state index contributed by atoms with van der Waals surface area (Å²) in [7, 11) is 1.69. The normalized spacial score (nSPS) is 12.5. The first kappa shape index (κ1) is 16.0. The van der Waals surface area contributed by atoms with Gasteiger partial charge in [-0.3, -0.25) is 5.84 Å². The Bertz CT molecular complexity index is 628. The summed E-state index contributed by atoms with van der Waals surface area (Å²) >= 11 is 8.74. The molecule has 0 spiro atoms. The maximum atomic E-state index is 5.79. The minimum Gasteiger partial charge on any atom is -0.496 e. The molecule has 2 rings (SSSR count). The van der Waals surface area contributed by atoms with Gasteiger partial charge in [-0.05, 0) is 74.5 Å². The quantitative estimate of drug-likeness (QED) is 0.568. The van der Waals surface area contributed by atoms with Crippen LogP contribution in [0.15, 0.2) is 25.8 Å². The van der Waals surface area contributed by atoms with Crippen molar-refractivity contribution in [3.63, 3.8) is 0 Å². The van der Waals surface area contributed by atoms with E-state index in [-0.39, 0.29) is 6.04 Å². The number of benzene rings is 1. The van der Waals surface area contributed by atoms with Crippen molar-refractivity contribution in [2.45, 2.75) is 19.9 Å². The maximum Gasteiger partial charge on any atom is 0.122 e. The lowest BCUT2D eigenvalue weighted by Gasteiger charge is -2.20. The molecule has 20 heavy (non-hydrogen) atoms. The molecule has 108 valence electrons. The molecular weight excluding hydrogens is 404 g/mol. The molecule has 0 amide bonds. The van der Waals surface area contributed by atoms with Gasteiger partial charge in [-0.2, -0.15) is 0 Å². The Balaban J connectivity index is 2.52. The van der Waals surface area contributed by atoms with Crippen molar-refractivity contribution in [2.24, 2.45) is 5.84 Å². The summed E-state index contributed by atoms with van der Waals surface area (Å²) in [6, 6.07) is 6.19. The lowest BCUT2D eigenvalue weighted by molar-refractivity contribution is 0.411. The second-order valence-electron chi connectivity index (χ2n) is 4.56. The third-order valence-electron chi connectivity index (χ3n) is 3.26. The average Bonchev–Trinajstić information content (AvgIpc) is 2.73. The molecule has 3 N–H and O–H groups in total. The van der Waals surface area contributed by atoms with E-state index in [9.17, 15) is 0 Å². The van der Waals surface area contributed by atoms with Gasteiger partial charge in [-0.15, -0.1) is 11.3 Å². The predicted molar refractivity (Wildman–Crippen MR) is 91.4 cm³/mol. The van der Waals surface area contributed by atoms with Crippen molar-refractivity contribution < 1.29 is 4.74 Å². The van der Waals surface area contributed by atoms with Crippen LogP contribution in [0.4, 0.5) is 0 Å². The summed E-state index contributed by atoms with van der Waals surface area (Å²) < 4.78 is 7.50. The van der Waals surface area contributed by atoms with Crippen LogP contribution in [0.1, 0.15) is 28.3 Å². The number of hydrogen-bond acceptors (Lipinski definition) is 4. The van der Waals surface area contributed by atoms with Crippen LogP contribution in [0.25, 0.3) is 0 Å². The Labute approximate surface area is 139 Å². The SMILES string of the molecule is COc1cc(C)c(C(NN)c2cc(Br)sc2Br)cc1C. The van der Waals surface area contributed by atoms with Crippen LogP contribution in [0.5, 0.6) is 5.75 Å². The molecule has 1 atom stereocenters. The van der Waals surface area contributed by atoms with Gasteiger partial charge in [0.25, 0.3) is 0 Å². The molecule has 1 aromatic heterocycles. The fourth-order valence-corrected chi connectivity index (χ4v) is 5.14. The fourth-order valence-electron chi connectivity index (χ4n) is 2.24. The maximum absolute atomic E-state index is 5.79. The van der Waals surface area contributed by atoms with Crippen molar-refractivity contribution in [2.75, 3.05) is 7.11 Å². The third kappa shape index (κ3) is 3.09. The van der Waals surface area contributed by atoms with Crippen LogP contribution in [-0.2, 0) is 0 Å². The first-order valence-electron chi connectivity index (χ1n) is 6.04. The first-order valence-corrected chi connectivity index (χ1v) is 8.44. The predicted octanol–water partition coefficient (Wildman–Crippen LogP) is 4.45. The standard InChI is InChI=1S/C14H16Br2N2OS/c1-7-5-11(19-3)8(2)4-9(7)13(18-17)10-6-12(15)20-14(10)16/h4-6,13,18H,17H2,1-3H3. The van der Waals surface area contributed by atoms with Gasteiger partial charge in [-0.25, -0.2) is 5.43 Å². The Morgan fingerprint density at radius 1 is 1.15 bits per heavy atom. The number of thiophene rings is 1. The highest BCUT2D eigenvalue weighted by molar-refractivity contribution is 9.12. The molecule has 6 heteroatoms. The van der Waals surface area contributed by atoms with Crippen molar-refractivity contribution in [1.29, 1.82) is 0 Å². The van der Waals surface area contributed by atoms with Crippen LogP contribution in [-0.4, -0.2) is 7.11 Å². The second-order valence-corrected chi connectivity index (χ2v) is 8.31. The molecule has 2 aromatic rings. The van der Waals surface area contributed by atoms with Gasteiger partial charge in [-0.1, -0.05) is 6.07 Å². The van der Waals surface area contributed by atoms with E-state index in [1.807, 2.05) is 13.0 Å². The molecule has 1 aromatic carbocycles. The molecule has 0 aliphatic heterocycles. The molecule has 0 saturated heterocycles. The highest BCUT2D eigenvalue weighted by Gasteiger charge is 2.20. The summed E-state index contributed by atoms with van der Waals surface area (Å²) in [6.07, 6.45) is 0. The van der Waals surface area contributed by atoms with Gasteiger partial charge in [0.05, 0.1) is 20.7 Å². The van der Waals surface area contributed by atoms with E-state index in [0.29, 0.717) is 0 Å². The van der Waals surface area contributed by atoms with Crippen LogP contribution >= 0.6 is 43.2 Å². The Hall–Kier alpha value is -0.400. The lowest BCUT2D eigenvalue weighted by Crippen LogP contribution is -2.29. The molecule has 3 nitrogen and oxygen atoms in total. The Kier molecular flexibility index (Phi) is 5.25. The van der Waals surface area contributed by atoms with Gasteiger partial charge in [0.15, 0.2) is 0 Å². The average molecular weight is 420 g/mol. The molecule has 0 fully saturated rings. The highest BCUT2D eigenvalue weighted by Crippen LogP contribution is 2.39. The number of methoxy groups -OCH3 is 1. The van der Waals surface area contributed by atoms with E-state index in [2.05, 4.69) is 56.3 Å². The summed E-state index contributed by atoms with van der Waals surface area (Å²) in [4.78, 5) is 0. The number of halogens is 2. The molecule has 0 aliphatic rings. The zero-order valence-corrected chi connectivity index (χ0v) is 15.4. The van der Waals surface area contributed by atoms with E-state index in [1.165, 1.54) is 0 Å². The number of nitrogens with one attached hydrogen (secondary N) is 1. The summed E-state index contributed by atoms with van der Waals surface area (Å²) in [5.74, 6) is 6.69. The first-order chi connectivity index (χ1) is 9.47. The number of ether oxygens (including phenoxy) is 1. The number of aryl methyl sites for hydroxylation is 2. The summed E-state index contributed by atoms with van der Waals surface area (Å²) in [6.45, 7) is 4.10. The van der Waals surface area contributed by atoms with Crippen LogP contribution in [0.3, 0.4) is 0 Å². The minimum atomic E-state index is -0.0588.